The van der Waals surface area contributed by atoms with E-state index in [0.717, 1.165) is 18.1 Å². The molecule has 1 heterocycles. The van der Waals surface area contributed by atoms with Crippen LogP contribution in [0, 0.1) is 6.92 Å². The average Bonchev–Trinajstić information content (AvgIpc) is 2.49. The van der Waals surface area contributed by atoms with Crippen molar-refractivity contribution in [2.24, 2.45) is 0 Å². The van der Waals surface area contributed by atoms with Gasteiger partial charge in [-0.25, -0.2) is 0 Å². The van der Waals surface area contributed by atoms with Crippen LogP contribution in [0.25, 0.3) is 0 Å². The number of hydrogen-bond donors (Lipinski definition) is 1. The van der Waals surface area contributed by atoms with Gasteiger partial charge in [0.05, 0.1) is 0 Å². The summed E-state index contributed by atoms with van der Waals surface area (Å²) < 4.78 is 0. The highest BCUT2D eigenvalue weighted by Gasteiger charge is 2.28. The van der Waals surface area contributed by atoms with E-state index in [-0.39, 0.29) is 0 Å². The minimum absolute atomic E-state index is 0.458. The molecule has 0 radical (unpaired) electrons. The first kappa shape index (κ1) is 13.7. The third-order valence-electron chi connectivity index (χ3n) is 4.29. The molecule has 1 fully saturated rings. The highest BCUT2D eigenvalue weighted by molar-refractivity contribution is 6.31. The minimum atomic E-state index is 0.458. The van der Waals surface area contributed by atoms with Crippen LogP contribution < -0.4 is 5.32 Å². The van der Waals surface area contributed by atoms with Gasteiger partial charge in [0, 0.05) is 17.5 Å². The lowest BCUT2D eigenvalue weighted by atomic mass is 9.77. The number of aryl methyl sites for hydroxylation is 1. The van der Waals surface area contributed by atoms with E-state index in [1.54, 1.807) is 0 Å². The molecule has 0 amide bonds. The third kappa shape index (κ3) is 2.74. The SMILES string of the molecule is Cc1ccc(C2CCNCC2c2ccccc2Cl)cc1. The van der Waals surface area contributed by atoms with Crippen LogP contribution in [0.4, 0.5) is 0 Å². The molecule has 104 valence electrons. The summed E-state index contributed by atoms with van der Waals surface area (Å²) in [5.74, 6) is 1.01. The maximum Gasteiger partial charge on any atom is 0.0441 e. The Hall–Kier alpha value is -1.31. The van der Waals surface area contributed by atoms with Crippen molar-refractivity contribution >= 4 is 11.6 Å². The lowest BCUT2D eigenvalue weighted by Crippen LogP contribution is -2.34. The van der Waals surface area contributed by atoms with Crippen molar-refractivity contribution < 1.29 is 0 Å². The number of halogens is 1. The second-order valence-corrected chi connectivity index (χ2v) is 6.05. The van der Waals surface area contributed by atoms with Gasteiger partial charge in [-0.15, -0.1) is 0 Å². The van der Waals surface area contributed by atoms with Gasteiger partial charge in [-0.1, -0.05) is 59.6 Å². The van der Waals surface area contributed by atoms with Crippen LogP contribution in [-0.4, -0.2) is 13.1 Å². The van der Waals surface area contributed by atoms with Crippen LogP contribution in [0.3, 0.4) is 0 Å². The molecular formula is C18H20ClN. The van der Waals surface area contributed by atoms with E-state index >= 15 is 0 Å². The average molecular weight is 286 g/mol. The number of hydrogen-bond acceptors (Lipinski definition) is 1. The summed E-state index contributed by atoms with van der Waals surface area (Å²) in [6.07, 6.45) is 1.17. The van der Waals surface area contributed by atoms with Crippen molar-refractivity contribution in [3.05, 3.63) is 70.2 Å². The number of nitrogens with one attached hydrogen (secondary N) is 1. The van der Waals surface area contributed by atoms with Gasteiger partial charge in [-0.3, -0.25) is 0 Å². The van der Waals surface area contributed by atoms with Crippen LogP contribution in [0.2, 0.25) is 5.02 Å². The standard InChI is InChI=1S/C18H20ClN/c1-13-6-8-14(9-7-13)15-10-11-20-12-17(15)16-4-2-3-5-18(16)19/h2-9,15,17,20H,10-12H2,1H3. The van der Waals surface area contributed by atoms with Gasteiger partial charge in [0.25, 0.3) is 0 Å². The zero-order valence-electron chi connectivity index (χ0n) is 11.8. The Morgan fingerprint density at radius 2 is 1.75 bits per heavy atom. The predicted molar refractivity (Wildman–Crippen MR) is 85.6 cm³/mol. The van der Waals surface area contributed by atoms with Crippen molar-refractivity contribution in [2.45, 2.75) is 25.2 Å². The number of benzene rings is 2. The summed E-state index contributed by atoms with van der Waals surface area (Å²) in [6, 6.07) is 17.2. The quantitative estimate of drug-likeness (QED) is 0.856. The molecule has 20 heavy (non-hydrogen) atoms. The van der Waals surface area contributed by atoms with E-state index in [1.165, 1.54) is 23.1 Å². The smallest absolute Gasteiger partial charge is 0.0441 e. The summed E-state index contributed by atoms with van der Waals surface area (Å²) in [6.45, 7) is 4.22. The molecule has 0 bridgehead atoms. The molecule has 3 rings (SSSR count). The molecule has 0 aromatic heterocycles. The van der Waals surface area contributed by atoms with Gasteiger partial charge in [0.2, 0.25) is 0 Å². The van der Waals surface area contributed by atoms with E-state index in [1.807, 2.05) is 12.1 Å². The molecule has 2 aromatic carbocycles. The van der Waals surface area contributed by atoms with Gasteiger partial charge in [0.15, 0.2) is 0 Å². The summed E-state index contributed by atoms with van der Waals surface area (Å²) in [5.41, 5.74) is 4.02. The largest absolute Gasteiger partial charge is 0.316 e. The summed E-state index contributed by atoms with van der Waals surface area (Å²) in [7, 11) is 0. The minimum Gasteiger partial charge on any atom is -0.316 e. The van der Waals surface area contributed by atoms with E-state index in [0.29, 0.717) is 11.8 Å². The molecule has 1 N–H and O–H groups in total. The first-order chi connectivity index (χ1) is 9.75. The van der Waals surface area contributed by atoms with Crippen LogP contribution >= 0.6 is 11.6 Å². The molecule has 2 unspecified atom stereocenters. The highest BCUT2D eigenvalue weighted by atomic mass is 35.5. The first-order valence-electron chi connectivity index (χ1n) is 7.27. The Balaban J connectivity index is 1.95. The molecule has 1 nitrogen and oxygen atoms in total. The topological polar surface area (TPSA) is 12.0 Å². The molecule has 1 saturated heterocycles. The van der Waals surface area contributed by atoms with Crippen molar-refractivity contribution in [3.8, 4) is 0 Å². The molecule has 2 atom stereocenters. The van der Waals surface area contributed by atoms with Gasteiger partial charge >= 0.3 is 0 Å². The van der Waals surface area contributed by atoms with E-state index in [2.05, 4.69) is 48.6 Å². The van der Waals surface area contributed by atoms with Crippen molar-refractivity contribution in [1.82, 2.24) is 5.32 Å². The van der Waals surface area contributed by atoms with Crippen molar-refractivity contribution in [1.29, 1.82) is 0 Å². The Kier molecular flexibility index (Phi) is 4.09. The molecule has 0 spiro atoms. The van der Waals surface area contributed by atoms with Crippen LogP contribution in [0.1, 0.15) is 34.9 Å². The second kappa shape index (κ2) is 5.99. The molecule has 0 aliphatic carbocycles. The fourth-order valence-electron chi connectivity index (χ4n) is 3.17. The molecule has 0 saturated carbocycles. The van der Waals surface area contributed by atoms with E-state index < -0.39 is 0 Å². The fraction of sp³-hybridized carbons (Fsp3) is 0.333. The van der Waals surface area contributed by atoms with E-state index in [9.17, 15) is 0 Å². The monoisotopic (exact) mass is 285 g/mol. The van der Waals surface area contributed by atoms with Crippen molar-refractivity contribution in [3.63, 3.8) is 0 Å². The Morgan fingerprint density at radius 3 is 2.50 bits per heavy atom. The van der Waals surface area contributed by atoms with Crippen LogP contribution in [-0.2, 0) is 0 Å². The van der Waals surface area contributed by atoms with E-state index in [4.69, 9.17) is 11.6 Å². The number of piperidine rings is 1. The zero-order chi connectivity index (χ0) is 13.9. The van der Waals surface area contributed by atoms with Crippen LogP contribution in [0.15, 0.2) is 48.5 Å². The lowest BCUT2D eigenvalue weighted by molar-refractivity contribution is 0.404. The summed E-state index contributed by atoms with van der Waals surface area (Å²) >= 11 is 6.41. The normalized spacial score (nSPS) is 22.7. The van der Waals surface area contributed by atoms with Crippen molar-refractivity contribution in [2.75, 3.05) is 13.1 Å². The Morgan fingerprint density at radius 1 is 1.00 bits per heavy atom. The maximum atomic E-state index is 6.41. The zero-order valence-corrected chi connectivity index (χ0v) is 12.5. The molecule has 2 heteroatoms. The highest BCUT2D eigenvalue weighted by Crippen LogP contribution is 2.39. The maximum absolute atomic E-state index is 6.41. The van der Waals surface area contributed by atoms with Crippen LogP contribution in [0.5, 0.6) is 0 Å². The lowest BCUT2D eigenvalue weighted by Gasteiger charge is -2.33. The molecule has 1 aliphatic heterocycles. The van der Waals surface area contributed by atoms with Gasteiger partial charge in [-0.05, 0) is 43.0 Å². The predicted octanol–water partition coefficient (Wildman–Crippen LogP) is 4.51. The summed E-state index contributed by atoms with van der Waals surface area (Å²) in [4.78, 5) is 0. The third-order valence-corrected chi connectivity index (χ3v) is 4.64. The van der Waals surface area contributed by atoms with Gasteiger partial charge < -0.3 is 5.32 Å². The Labute approximate surface area is 126 Å². The number of rotatable bonds is 2. The molecular weight excluding hydrogens is 266 g/mol. The van der Waals surface area contributed by atoms with Gasteiger partial charge in [-0.2, -0.15) is 0 Å². The fourth-order valence-corrected chi connectivity index (χ4v) is 3.45. The Bertz CT molecular complexity index is 576. The first-order valence-corrected chi connectivity index (χ1v) is 7.65. The molecule has 1 aliphatic rings. The second-order valence-electron chi connectivity index (χ2n) is 5.64. The summed E-state index contributed by atoms with van der Waals surface area (Å²) in [5, 5.41) is 4.40. The molecule has 2 aromatic rings. The van der Waals surface area contributed by atoms with Gasteiger partial charge in [0.1, 0.15) is 0 Å².